The summed E-state index contributed by atoms with van der Waals surface area (Å²) in [5.74, 6) is 0.122. The van der Waals surface area contributed by atoms with Gasteiger partial charge in [-0.2, -0.15) is 0 Å². The van der Waals surface area contributed by atoms with Crippen LogP contribution in [-0.2, 0) is 17.8 Å². The number of hydrogen-bond donors (Lipinski definition) is 0. The number of carbonyl (C=O) groups is 1. The highest BCUT2D eigenvalue weighted by Gasteiger charge is 2.27. The van der Waals surface area contributed by atoms with Gasteiger partial charge in [0.05, 0.1) is 13.0 Å². The predicted octanol–water partition coefficient (Wildman–Crippen LogP) is 4.19. The van der Waals surface area contributed by atoms with Crippen molar-refractivity contribution in [2.75, 3.05) is 4.90 Å². The number of hydrogen-bond acceptors (Lipinski definition) is 1. The Morgan fingerprint density at radius 2 is 2.05 bits per heavy atom. The van der Waals surface area contributed by atoms with Crippen molar-refractivity contribution < 1.29 is 4.79 Å². The second-order valence-electron chi connectivity index (χ2n) is 4.56. The summed E-state index contributed by atoms with van der Waals surface area (Å²) in [7, 11) is 0. The van der Waals surface area contributed by atoms with E-state index in [1.165, 1.54) is 0 Å². The van der Waals surface area contributed by atoms with Gasteiger partial charge >= 0.3 is 0 Å². The van der Waals surface area contributed by atoms with E-state index in [9.17, 15) is 4.79 Å². The van der Waals surface area contributed by atoms with Gasteiger partial charge in [-0.15, -0.1) is 0 Å². The van der Waals surface area contributed by atoms with E-state index in [0.29, 0.717) is 18.0 Å². The Balaban J connectivity index is 1.94. The largest absolute Gasteiger partial charge is 0.307 e. The second kappa shape index (κ2) is 4.99. The molecule has 2 nitrogen and oxygen atoms in total. The lowest BCUT2D eigenvalue weighted by Crippen LogP contribution is -2.25. The monoisotopic (exact) mass is 335 g/mol. The number of rotatable bonds is 2. The van der Waals surface area contributed by atoms with E-state index in [1.807, 2.05) is 42.5 Å². The van der Waals surface area contributed by atoms with Gasteiger partial charge in [-0.1, -0.05) is 45.7 Å². The lowest BCUT2D eigenvalue weighted by Gasteiger charge is -2.18. The molecule has 3 rings (SSSR count). The number of amides is 1. The van der Waals surface area contributed by atoms with E-state index in [4.69, 9.17) is 11.6 Å². The molecule has 1 heterocycles. The minimum Gasteiger partial charge on any atom is -0.307 e. The molecular formula is C15H11BrClNO. The van der Waals surface area contributed by atoms with E-state index >= 15 is 0 Å². The molecule has 0 unspecified atom stereocenters. The Morgan fingerprint density at radius 3 is 2.84 bits per heavy atom. The maximum absolute atomic E-state index is 12.1. The third-order valence-electron chi connectivity index (χ3n) is 3.21. The van der Waals surface area contributed by atoms with Gasteiger partial charge in [0.2, 0.25) is 5.91 Å². The highest BCUT2D eigenvalue weighted by molar-refractivity contribution is 9.10. The summed E-state index contributed by atoms with van der Waals surface area (Å²) in [5, 5.41) is 0.660. The van der Waals surface area contributed by atoms with Crippen molar-refractivity contribution in [3.8, 4) is 0 Å². The average Bonchev–Trinajstić information content (AvgIpc) is 2.66. The fourth-order valence-electron chi connectivity index (χ4n) is 2.32. The smallest absolute Gasteiger partial charge is 0.231 e. The third-order valence-corrected chi connectivity index (χ3v) is 3.94. The van der Waals surface area contributed by atoms with Crippen molar-refractivity contribution in [3.63, 3.8) is 0 Å². The Bertz CT molecular complexity index is 656. The normalized spacial score (nSPS) is 13.8. The van der Waals surface area contributed by atoms with Crippen molar-refractivity contribution >= 4 is 39.1 Å². The molecule has 0 fully saturated rings. The molecule has 0 saturated carbocycles. The molecule has 0 bridgehead atoms. The molecule has 0 aromatic heterocycles. The number of nitrogens with zero attached hydrogens (tertiary/aromatic N) is 1. The Labute approximate surface area is 125 Å². The van der Waals surface area contributed by atoms with Gasteiger partial charge in [0.25, 0.3) is 0 Å². The molecular weight excluding hydrogens is 326 g/mol. The van der Waals surface area contributed by atoms with Crippen LogP contribution in [0, 0.1) is 0 Å². The van der Waals surface area contributed by atoms with E-state index in [1.54, 1.807) is 4.90 Å². The van der Waals surface area contributed by atoms with Crippen LogP contribution in [0.1, 0.15) is 11.1 Å². The molecule has 2 aromatic carbocycles. The van der Waals surface area contributed by atoms with E-state index < -0.39 is 0 Å². The summed E-state index contributed by atoms with van der Waals surface area (Å²) < 4.78 is 1.02. The second-order valence-corrected chi connectivity index (χ2v) is 5.91. The summed E-state index contributed by atoms with van der Waals surface area (Å²) in [6.07, 6.45) is 0.459. The molecule has 19 heavy (non-hydrogen) atoms. The highest BCUT2D eigenvalue weighted by atomic mass is 79.9. The van der Waals surface area contributed by atoms with E-state index in [-0.39, 0.29) is 5.91 Å². The molecule has 0 aliphatic carbocycles. The number of halogens is 2. The zero-order valence-electron chi connectivity index (χ0n) is 10.1. The van der Waals surface area contributed by atoms with E-state index in [0.717, 1.165) is 21.3 Å². The predicted molar refractivity (Wildman–Crippen MR) is 80.5 cm³/mol. The number of anilines is 1. The van der Waals surface area contributed by atoms with Gasteiger partial charge in [0.1, 0.15) is 0 Å². The minimum atomic E-state index is 0.122. The summed E-state index contributed by atoms with van der Waals surface area (Å²) in [5.41, 5.74) is 3.07. The molecule has 1 amide bonds. The van der Waals surface area contributed by atoms with Crippen molar-refractivity contribution in [1.29, 1.82) is 0 Å². The summed E-state index contributed by atoms with van der Waals surface area (Å²) in [4.78, 5) is 13.9. The van der Waals surface area contributed by atoms with Gasteiger partial charge in [-0.3, -0.25) is 4.79 Å². The molecule has 4 heteroatoms. The SMILES string of the molecule is O=C1Cc2ccc(Cl)cc2N1Cc1cccc(Br)c1. The first-order valence-corrected chi connectivity index (χ1v) is 7.14. The van der Waals surface area contributed by atoms with E-state index in [2.05, 4.69) is 15.9 Å². The third kappa shape index (κ3) is 2.53. The number of fused-ring (bicyclic) bond motifs is 1. The van der Waals surface area contributed by atoms with Crippen LogP contribution < -0.4 is 4.90 Å². The highest BCUT2D eigenvalue weighted by Crippen LogP contribution is 2.32. The molecule has 96 valence electrons. The fraction of sp³-hybridized carbons (Fsp3) is 0.133. The standard InChI is InChI=1S/C15H11BrClNO/c16-12-3-1-2-10(6-12)9-18-14-8-13(17)5-4-11(14)7-15(18)19/h1-6,8H,7,9H2. The lowest BCUT2D eigenvalue weighted by molar-refractivity contribution is -0.117. The first-order valence-electron chi connectivity index (χ1n) is 5.97. The Hall–Kier alpha value is -1.32. The molecule has 0 spiro atoms. The number of carbonyl (C=O) groups excluding carboxylic acids is 1. The van der Waals surface area contributed by atoms with Crippen molar-refractivity contribution in [3.05, 3.63) is 63.1 Å². The minimum absolute atomic E-state index is 0.122. The molecule has 1 aliphatic heterocycles. The fourth-order valence-corrected chi connectivity index (χ4v) is 2.93. The molecule has 0 N–H and O–H groups in total. The summed E-state index contributed by atoms with van der Waals surface area (Å²) in [6, 6.07) is 13.6. The van der Waals surface area contributed by atoms with Gasteiger partial charge in [-0.05, 0) is 35.4 Å². The quantitative estimate of drug-likeness (QED) is 0.805. The van der Waals surface area contributed by atoms with Gasteiger partial charge in [0, 0.05) is 15.2 Å². The molecule has 1 aliphatic rings. The van der Waals surface area contributed by atoms with Crippen LogP contribution in [0.15, 0.2) is 46.9 Å². The first kappa shape index (κ1) is 12.7. The zero-order chi connectivity index (χ0) is 13.4. The summed E-state index contributed by atoms with van der Waals surface area (Å²) >= 11 is 9.46. The van der Waals surface area contributed by atoms with Crippen LogP contribution in [0.3, 0.4) is 0 Å². The van der Waals surface area contributed by atoms with Gasteiger partial charge in [-0.25, -0.2) is 0 Å². The van der Waals surface area contributed by atoms with Gasteiger partial charge in [0.15, 0.2) is 0 Å². The van der Waals surface area contributed by atoms with Crippen molar-refractivity contribution in [2.24, 2.45) is 0 Å². The van der Waals surface area contributed by atoms with Crippen molar-refractivity contribution in [1.82, 2.24) is 0 Å². The Kier molecular flexibility index (Phi) is 3.33. The average molecular weight is 337 g/mol. The van der Waals surface area contributed by atoms with Crippen LogP contribution in [0.4, 0.5) is 5.69 Å². The maximum Gasteiger partial charge on any atom is 0.231 e. The van der Waals surface area contributed by atoms with Crippen LogP contribution in [0.2, 0.25) is 5.02 Å². The topological polar surface area (TPSA) is 20.3 Å². The molecule has 0 saturated heterocycles. The van der Waals surface area contributed by atoms with Gasteiger partial charge < -0.3 is 4.90 Å². The molecule has 0 atom stereocenters. The summed E-state index contributed by atoms with van der Waals surface area (Å²) in [6.45, 7) is 0.575. The zero-order valence-corrected chi connectivity index (χ0v) is 12.4. The van der Waals surface area contributed by atoms with Crippen LogP contribution in [0.5, 0.6) is 0 Å². The van der Waals surface area contributed by atoms with Crippen LogP contribution >= 0.6 is 27.5 Å². The first-order chi connectivity index (χ1) is 9.13. The lowest BCUT2D eigenvalue weighted by atomic mass is 10.1. The number of benzene rings is 2. The molecule has 2 aromatic rings. The van der Waals surface area contributed by atoms with Crippen molar-refractivity contribution in [2.45, 2.75) is 13.0 Å². The molecule has 0 radical (unpaired) electrons. The van der Waals surface area contributed by atoms with Crippen LogP contribution in [-0.4, -0.2) is 5.91 Å². The Morgan fingerprint density at radius 1 is 1.21 bits per heavy atom. The van der Waals surface area contributed by atoms with Crippen LogP contribution in [0.25, 0.3) is 0 Å². The maximum atomic E-state index is 12.1.